The zero-order valence-corrected chi connectivity index (χ0v) is 14.2. The Kier molecular flexibility index (Phi) is 5.30. The summed E-state index contributed by atoms with van der Waals surface area (Å²) < 4.78 is 50.1. The van der Waals surface area contributed by atoms with E-state index in [1.54, 1.807) is 10.8 Å². The van der Waals surface area contributed by atoms with Gasteiger partial charge in [-0.2, -0.15) is 0 Å². The average molecular weight is 374 g/mol. The number of hydrogen-bond acceptors (Lipinski definition) is 5. The van der Waals surface area contributed by atoms with Crippen molar-refractivity contribution in [2.75, 3.05) is 14.2 Å². The Morgan fingerprint density at radius 3 is 2.46 bits per heavy atom. The van der Waals surface area contributed by atoms with Gasteiger partial charge >= 0.3 is 0 Å². The molecule has 0 aliphatic rings. The number of ether oxygens (including phenoxy) is 2. The Morgan fingerprint density at radius 2 is 1.88 bits per heavy atom. The van der Waals surface area contributed by atoms with E-state index in [0.29, 0.717) is 0 Å². The smallest absolute Gasteiger partial charge is 0.268 e. The Morgan fingerprint density at radius 1 is 1.17 bits per heavy atom. The quantitative estimate of drug-likeness (QED) is 0.871. The van der Waals surface area contributed by atoms with Crippen molar-refractivity contribution >= 4 is 27.5 Å². The van der Waals surface area contributed by atoms with Crippen LogP contribution in [-0.2, 0) is 10.0 Å². The zero-order valence-electron chi connectivity index (χ0n) is 12.7. The first-order valence-electron chi connectivity index (χ1n) is 6.53. The largest absolute Gasteiger partial charge is 0.493 e. The van der Waals surface area contributed by atoms with E-state index in [0.717, 1.165) is 12.1 Å². The van der Waals surface area contributed by atoms with Crippen LogP contribution >= 0.6 is 11.6 Å². The number of hydrogen-bond donors (Lipinski definition) is 1. The van der Waals surface area contributed by atoms with Crippen LogP contribution in [0.1, 0.15) is 10.4 Å². The molecule has 1 amide bonds. The van der Waals surface area contributed by atoms with E-state index in [4.69, 9.17) is 21.1 Å². The fraction of sp³-hybridized carbons (Fsp3) is 0.133. The summed E-state index contributed by atoms with van der Waals surface area (Å²) in [5.41, 5.74) is -0.0743. The van der Waals surface area contributed by atoms with E-state index in [1.807, 2.05) is 0 Å². The molecule has 1 N–H and O–H groups in total. The number of carbonyl (C=O) groups is 1. The van der Waals surface area contributed by atoms with E-state index in [-0.39, 0.29) is 22.1 Å². The van der Waals surface area contributed by atoms with Gasteiger partial charge in [0.25, 0.3) is 15.9 Å². The molecule has 2 rings (SSSR count). The van der Waals surface area contributed by atoms with E-state index in [9.17, 15) is 17.6 Å². The molecular weight excluding hydrogens is 361 g/mol. The lowest BCUT2D eigenvalue weighted by molar-refractivity contribution is 0.0977. The molecule has 0 saturated carbocycles. The van der Waals surface area contributed by atoms with Gasteiger partial charge in [0.1, 0.15) is 10.7 Å². The second kappa shape index (κ2) is 7.06. The number of benzene rings is 2. The molecule has 2 aromatic rings. The summed E-state index contributed by atoms with van der Waals surface area (Å²) in [4.78, 5) is 11.6. The summed E-state index contributed by atoms with van der Waals surface area (Å²) >= 11 is 5.59. The van der Waals surface area contributed by atoms with Crippen molar-refractivity contribution < 1.29 is 27.1 Å². The number of para-hydroxylation sites is 1. The van der Waals surface area contributed by atoms with Crippen molar-refractivity contribution in [2.24, 2.45) is 0 Å². The molecule has 0 aliphatic carbocycles. The maximum atomic E-state index is 13.8. The van der Waals surface area contributed by atoms with Crippen molar-refractivity contribution in [3.05, 3.63) is 52.8 Å². The maximum Gasteiger partial charge on any atom is 0.268 e. The van der Waals surface area contributed by atoms with Crippen molar-refractivity contribution in [3.8, 4) is 11.5 Å². The van der Waals surface area contributed by atoms with Crippen molar-refractivity contribution in [1.29, 1.82) is 0 Å². The highest BCUT2D eigenvalue weighted by molar-refractivity contribution is 7.90. The first-order valence-corrected chi connectivity index (χ1v) is 8.39. The van der Waals surface area contributed by atoms with E-state index >= 15 is 0 Å². The highest BCUT2D eigenvalue weighted by atomic mass is 35.5. The topological polar surface area (TPSA) is 81.7 Å². The van der Waals surface area contributed by atoms with E-state index in [1.165, 1.54) is 32.4 Å². The minimum atomic E-state index is -4.43. The van der Waals surface area contributed by atoms with Crippen LogP contribution in [0.15, 0.2) is 41.3 Å². The predicted molar refractivity (Wildman–Crippen MR) is 85.6 cm³/mol. The third-order valence-electron chi connectivity index (χ3n) is 3.06. The molecule has 128 valence electrons. The fourth-order valence-electron chi connectivity index (χ4n) is 1.99. The van der Waals surface area contributed by atoms with Gasteiger partial charge in [-0.15, -0.1) is 0 Å². The van der Waals surface area contributed by atoms with Gasteiger partial charge in [0.2, 0.25) is 0 Å². The normalized spacial score (nSPS) is 11.0. The third kappa shape index (κ3) is 3.60. The molecule has 9 heteroatoms. The maximum absolute atomic E-state index is 13.8. The lowest BCUT2D eigenvalue weighted by Crippen LogP contribution is -2.31. The third-order valence-corrected chi connectivity index (χ3v) is 4.66. The van der Waals surface area contributed by atoms with Crippen molar-refractivity contribution in [3.63, 3.8) is 0 Å². The molecule has 0 radical (unpaired) electrons. The van der Waals surface area contributed by atoms with Crippen LogP contribution in [0.5, 0.6) is 11.5 Å². The standard InChI is InChI=1S/C15H13ClFNO5S/c1-22-12-5-3-4-10(14(12)23-2)15(19)18-24(20,21)13-7-6-9(16)8-11(13)17/h3-8H,1-2H3,(H,18,19). The minimum absolute atomic E-state index is 0.0345. The molecule has 0 atom stereocenters. The van der Waals surface area contributed by atoms with Crippen LogP contribution in [0.4, 0.5) is 4.39 Å². The summed E-state index contributed by atoms with van der Waals surface area (Å²) in [5.74, 6) is -1.75. The van der Waals surface area contributed by atoms with Gasteiger partial charge in [-0.3, -0.25) is 4.79 Å². The molecular formula is C15H13ClFNO5S. The Balaban J connectivity index is 2.39. The van der Waals surface area contributed by atoms with Crippen LogP contribution in [0.25, 0.3) is 0 Å². The van der Waals surface area contributed by atoms with Gasteiger partial charge in [-0.1, -0.05) is 17.7 Å². The SMILES string of the molecule is COc1cccc(C(=O)NS(=O)(=O)c2ccc(Cl)cc2F)c1OC. The number of halogens is 2. The van der Waals surface area contributed by atoms with E-state index in [2.05, 4.69) is 0 Å². The van der Waals surface area contributed by atoms with Crippen LogP contribution in [0, 0.1) is 5.82 Å². The van der Waals surface area contributed by atoms with Crippen LogP contribution in [0.3, 0.4) is 0 Å². The van der Waals surface area contributed by atoms with E-state index < -0.39 is 26.6 Å². The molecule has 0 unspecified atom stereocenters. The molecule has 0 aromatic heterocycles. The average Bonchev–Trinajstić information content (AvgIpc) is 2.52. The van der Waals surface area contributed by atoms with Crippen LogP contribution in [0.2, 0.25) is 5.02 Å². The zero-order chi connectivity index (χ0) is 17.9. The van der Waals surface area contributed by atoms with Gasteiger partial charge < -0.3 is 9.47 Å². The van der Waals surface area contributed by atoms with Gasteiger partial charge in [0.15, 0.2) is 11.5 Å². The van der Waals surface area contributed by atoms with Crippen LogP contribution in [-0.4, -0.2) is 28.5 Å². The molecule has 0 heterocycles. The lowest BCUT2D eigenvalue weighted by atomic mass is 10.2. The first-order chi connectivity index (χ1) is 11.3. The summed E-state index contributed by atoms with van der Waals surface area (Å²) in [6.45, 7) is 0. The molecule has 6 nitrogen and oxygen atoms in total. The fourth-order valence-corrected chi connectivity index (χ4v) is 3.18. The summed E-state index contributed by atoms with van der Waals surface area (Å²) in [6, 6.07) is 7.40. The monoisotopic (exact) mass is 373 g/mol. The van der Waals surface area contributed by atoms with Crippen molar-refractivity contribution in [2.45, 2.75) is 4.90 Å². The highest BCUT2D eigenvalue weighted by Gasteiger charge is 2.25. The molecule has 24 heavy (non-hydrogen) atoms. The van der Waals surface area contributed by atoms with Gasteiger partial charge in [-0.25, -0.2) is 17.5 Å². The predicted octanol–water partition coefficient (Wildman–Crippen LogP) is 2.62. The number of amides is 1. The molecule has 0 spiro atoms. The molecule has 0 fully saturated rings. The summed E-state index contributed by atoms with van der Waals surface area (Å²) in [6.07, 6.45) is 0. The summed E-state index contributed by atoms with van der Waals surface area (Å²) in [5, 5.41) is 0.0345. The number of rotatable bonds is 5. The van der Waals surface area contributed by atoms with Gasteiger partial charge in [0, 0.05) is 5.02 Å². The van der Waals surface area contributed by atoms with Crippen LogP contribution < -0.4 is 14.2 Å². The number of methoxy groups -OCH3 is 2. The molecule has 0 saturated heterocycles. The Hall–Kier alpha value is -2.32. The second-order valence-electron chi connectivity index (χ2n) is 4.55. The number of carbonyl (C=O) groups excluding carboxylic acids is 1. The molecule has 0 bridgehead atoms. The van der Waals surface area contributed by atoms with Gasteiger partial charge in [-0.05, 0) is 30.3 Å². The Bertz CT molecular complexity index is 885. The van der Waals surface area contributed by atoms with Crippen molar-refractivity contribution in [1.82, 2.24) is 4.72 Å². The minimum Gasteiger partial charge on any atom is -0.493 e. The number of sulfonamides is 1. The summed E-state index contributed by atoms with van der Waals surface area (Å²) in [7, 11) is -1.75. The number of nitrogens with one attached hydrogen (secondary N) is 1. The molecule has 0 aliphatic heterocycles. The molecule has 2 aromatic carbocycles. The Labute approximate surface area is 143 Å². The second-order valence-corrected chi connectivity index (χ2v) is 6.64. The highest BCUT2D eigenvalue weighted by Crippen LogP contribution is 2.31. The first kappa shape index (κ1) is 18.0. The lowest BCUT2D eigenvalue weighted by Gasteiger charge is -2.13. The van der Waals surface area contributed by atoms with Gasteiger partial charge in [0.05, 0.1) is 19.8 Å².